The zero-order valence-electron chi connectivity index (χ0n) is 11.6. The summed E-state index contributed by atoms with van der Waals surface area (Å²) < 4.78 is 5.73. The van der Waals surface area contributed by atoms with Gasteiger partial charge in [-0.15, -0.1) is 0 Å². The van der Waals surface area contributed by atoms with Crippen molar-refractivity contribution in [3.05, 3.63) is 30.3 Å². The second-order valence-corrected chi connectivity index (χ2v) is 5.75. The Labute approximate surface area is 110 Å². The molecule has 2 atom stereocenters. The number of nitrogens with one attached hydrogen (secondary N) is 1. The van der Waals surface area contributed by atoms with Gasteiger partial charge in [0.2, 0.25) is 0 Å². The van der Waals surface area contributed by atoms with E-state index in [-0.39, 0.29) is 17.1 Å². The first kappa shape index (κ1) is 13.4. The lowest BCUT2D eigenvalue weighted by Crippen LogP contribution is -2.72. The lowest BCUT2D eigenvalue weighted by molar-refractivity contribution is -0.144. The van der Waals surface area contributed by atoms with E-state index in [4.69, 9.17) is 10.5 Å². The molecule has 0 amide bonds. The van der Waals surface area contributed by atoms with Gasteiger partial charge in [-0.25, -0.2) is 0 Å². The first-order chi connectivity index (χ1) is 8.49. The molecular weight excluding hydrogens is 224 g/mol. The van der Waals surface area contributed by atoms with E-state index >= 15 is 0 Å². The molecule has 1 fully saturated rings. The molecule has 0 radical (unpaired) electrons. The predicted octanol–water partition coefficient (Wildman–Crippen LogP) is 2.63. The van der Waals surface area contributed by atoms with E-state index in [1.165, 1.54) is 0 Å². The van der Waals surface area contributed by atoms with Crippen LogP contribution in [-0.2, 0) is 4.74 Å². The monoisotopic (exact) mass is 248 g/mol. The van der Waals surface area contributed by atoms with Crippen LogP contribution in [0.25, 0.3) is 0 Å². The Hall–Kier alpha value is -1.06. The van der Waals surface area contributed by atoms with Gasteiger partial charge in [-0.1, -0.05) is 32.0 Å². The molecule has 1 aromatic rings. The van der Waals surface area contributed by atoms with E-state index < -0.39 is 0 Å². The molecule has 0 aromatic heterocycles. The summed E-state index contributed by atoms with van der Waals surface area (Å²) in [5.41, 5.74) is 7.46. The quantitative estimate of drug-likeness (QED) is 0.842. The third-order valence-electron chi connectivity index (χ3n) is 4.39. The molecule has 1 aromatic carbocycles. The number of nitrogens with two attached hydrogens (primary N) is 1. The summed E-state index contributed by atoms with van der Waals surface area (Å²) in [4.78, 5) is 0. The third kappa shape index (κ3) is 2.25. The normalized spacial score (nSPS) is 29.7. The zero-order chi connectivity index (χ0) is 13.2. The molecule has 0 aliphatic heterocycles. The topological polar surface area (TPSA) is 47.3 Å². The average molecular weight is 248 g/mol. The third-order valence-corrected chi connectivity index (χ3v) is 4.39. The van der Waals surface area contributed by atoms with E-state index in [0.717, 1.165) is 25.3 Å². The minimum Gasteiger partial charge on any atom is -0.383 e. The van der Waals surface area contributed by atoms with Gasteiger partial charge in [-0.05, 0) is 25.5 Å². The summed E-state index contributed by atoms with van der Waals surface area (Å²) in [5, 5.41) is 3.42. The van der Waals surface area contributed by atoms with Gasteiger partial charge in [-0.2, -0.15) is 0 Å². The van der Waals surface area contributed by atoms with Crippen molar-refractivity contribution in [2.75, 3.05) is 18.5 Å². The highest BCUT2D eigenvalue weighted by molar-refractivity contribution is 5.43. The lowest BCUT2D eigenvalue weighted by atomic mass is 9.54. The van der Waals surface area contributed by atoms with E-state index in [1.54, 1.807) is 0 Å². The highest BCUT2D eigenvalue weighted by atomic mass is 16.5. The van der Waals surface area contributed by atoms with Crippen LogP contribution < -0.4 is 11.1 Å². The van der Waals surface area contributed by atoms with Crippen molar-refractivity contribution in [3.63, 3.8) is 0 Å². The van der Waals surface area contributed by atoms with Crippen molar-refractivity contribution in [2.45, 2.75) is 38.8 Å². The molecule has 1 saturated carbocycles. The lowest BCUT2D eigenvalue weighted by Gasteiger charge is -2.59. The summed E-state index contributed by atoms with van der Waals surface area (Å²) in [5.74, 6) is 0. The Kier molecular flexibility index (Phi) is 3.64. The largest absolute Gasteiger partial charge is 0.383 e. The summed E-state index contributed by atoms with van der Waals surface area (Å²) in [7, 11) is 0. The number of rotatable bonds is 5. The smallest absolute Gasteiger partial charge is 0.0662 e. The van der Waals surface area contributed by atoms with Crippen LogP contribution in [0.4, 0.5) is 5.69 Å². The average Bonchev–Trinajstić information content (AvgIpc) is 2.37. The van der Waals surface area contributed by atoms with E-state index in [1.807, 2.05) is 25.1 Å². The number of hydrogen-bond donors (Lipinski definition) is 2. The Morgan fingerprint density at radius 3 is 2.56 bits per heavy atom. The van der Waals surface area contributed by atoms with Gasteiger partial charge in [0.15, 0.2) is 0 Å². The van der Waals surface area contributed by atoms with Crippen molar-refractivity contribution in [1.29, 1.82) is 0 Å². The van der Waals surface area contributed by atoms with Crippen molar-refractivity contribution in [3.8, 4) is 0 Å². The molecular formula is C15H24N2O. The molecule has 18 heavy (non-hydrogen) atoms. The van der Waals surface area contributed by atoms with Crippen LogP contribution in [0, 0.1) is 5.41 Å². The van der Waals surface area contributed by atoms with Crippen LogP contribution >= 0.6 is 0 Å². The first-order valence-corrected chi connectivity index (χ1v) is 6.69. The standard InChI is InChI=1S/C15H24N2O/c1-4-18-13-10-15(16,14(13,2)3)11-17-12-8-6-5-7-9-12/h5-9,13,17H,4,10-11,16H2,1-3H3. The van der Waals surface area contributed by atoms with Gasteiger partial charge in [0.05, 0.1) is 6.10 Å². The van der Waals surface area contributed by atoms with Crippen LogP contribution in [0.15, 0.2) is 30.3 Å². The fraction of sp³-hybridized carbons (Fsp3) is 0.600. The van der Waals surface area contributed by atoms with Gasteiger partial charge >= 0.3 is 0 Å². The molecule has 3 nitrogen and oxygen atoms in total. The Morgan fingerprint density at radius 2 is 2.00 bits per heavy atom. The zero-order valence-corrected chi connectivity index (χ0v) is 11.6. The Morgan fingerprint density at radius 1 is 1.33 bits per heavy atom. The molecule has 0 heterocycles. The molecule has 3 heteroatoms. The van der Waals surface area contributed by atoms with Crippen LogP contribution in [0.2, 0.25) is 0 Å². The van der Waals surface area contributed by atoms with E-state index in [9.17, 15) is 0 Å². The SMILES string of the molecule is CCOC1CC(N)(CNc2ccccc2)C1(C)C. The van der Waals surface area contributed by atoms with E-state index in [2.05, 4.69) is 31.3 Å². The van der Waals surface area contributed by atoms with Gasteiger partial charge < -0.3 is 15.8 Å². The van der Waals surface area contributed by atoms with Crippen LogP contribution in [0.5, 0.6) is 0 Å². The van der Waals surface area contributed by atoms with Crippen molar-refractivity contribution in [1.82, 2.24) is 0 Å². The Balaban J connectivity index is 1.94. The first-order valence-electron chi connectivity index (χ1n) is 6.69. The molecule has 3 N–H and O–H groups in total. The highest BCUT2D eigenvalue weighted by Gasteiger charge is 2.58. The number of benzene rings is 1. The Bertz CT molecular complexity index is 391. The maximum absolute atomic E-state index is 6.51. The summed E-state index contributed by atoms with van der Waals surface area (Å²) >= 11 is 0. The second-order valence-electron chi connectivity index (χ2n) is 5.75. The molecule has 2 unspecified atom stereocenters. The van der Waals surface area contributed by atoms with Crippen molar-refractivity contribution < 1.29 is 4.74 Å². The fourth-order valence-corrected chi connectivity index (χ4v) is 2.62. The van der Waals surface area contributed by atoms with Crippen molar-refractivity contribution in [2.24, 2.45) is 11.1 Å². The van der Waals surface area contributed by atoms with Gasteiger partial charge in [0.25, 0.3) is 0 Å². The molecule has 0 spiro atoms. The minimum absolute atomic E-state index is 0.0186. The summed E-state index contributed by atoms with van der Waals surface area (Å²) in [6.45, 7) is 7.98. The van der Waals surface area contributed by atoms with Crippen LogP contribution in [0.1, 0.15) is 27.2 Å². The van der Waals surface area contributed by atoms with Gasteiger partial charge in [0.1, 0.15) is 0 Å². The molecule has 1 aliphatic rings. The maximum Gasteiger partial charge on any atom is 0.0662 e. The predicted molar refractivity (Wildman–Crippen MR) is 75.7 cm³/mol. The molecule has 0 saturated heterocycles. The summed E-state index contributed by atoms with van der Waals surface area (Å²) in [6.07, 6.45) is 1.21. The second kappa shape index (κ2) is 4.90. The number of anilines is 1. The maximum atomic E-state index is 6.51. The van der Waals surface area contributed by atoms with E-state index in [0.29, 0.717) is 0 Å². The van der Waals surface area contributed by atoms with Crippen molar-refractivity contribution >= 4 is 5.69 Å². The summed E-state index contributed by atoms with van der Waals surface area (Å²) in [6, 6.07) is 10.2. The molecule has 2 rings (SSSR count). The number of para-hydroxylation sites is 1. The minimum atomic E-state index is -0.192. The molecule has 1 aliphatic carbocycles. The number of ether oxygens (including phenoxy) is 1. The number of hydrogen-bond acceptors (Lipinski definition) is 3. The van der Waals surface area contributed by atoms with Crippen LogP contribution in [-0.4, -0.2) is 24.8 Å². The fourth-order valence-electron chi connectivity index (χ4n) is 2.62. The molecule has 100 valence electrons. The highest BCUT2D eigenvalue weighted by Crippen LogP contribution is 2.49. The van der Waals surface area contributed by atoms with Crippen LogP contribution in [0.3, 0.4) is 0 Å². The molecule has 0 bridgehead atoms. The van der Waals surface area contributed by atoms with Gasteiger partial charge in [0, 0.05) is 29.8 Å². The van der Waals surface area contributed by atoms with Gasteiger partial charge in [-0.3, -0.25) is 0 Å².